The lowest BCUT2D eigenvalue weighted by atomic mass is 10.0. The van der Waals surface area contributed by atoms with Gasteiger partial charge in [0.25, 0.3) is 0 Å². The molecule has 194 valence electrons. The van der Waals surface area contributed by atoms with E-state index in [1.165, 1.54) is 18.5 Å². The monoisotopic (exact) mass is 544 g/mol. The van der Waals surface area contributed by atoms with Crippen molar-refractivity contribution in [2.24, 2.45) is 5.73 Å². The van der Waals surface area contributed by atoms with Gasteiger partial charge in [0.15, 0.2) is 29.1 Å². The number of guanidine groups is 1. The molecule has 0 spiro atoms. The highest BCUT2D eigenvalue weighted by Gasteiger charge is 2.40. The van der Waals surface area contributed by atoms with Gasteiger partial charge in [-0.1, -0.05) is 17.7 Å². The van der Waals surface area contributed by atoms with Gasteiger partial charge in [-0.3, -0.25) is 5.41 Å². The van der Waals surface area contributed by atoms with E-state index in [1.807, 2.05) is 0 Å². The van der Waals surface area contributed by atoms with Crippen LogP contribution >= 0.6 is 11.6 Å². The zero-order chi connectivity index (χ0) is 26.4. The number of nitrogens with one attached hydrogen (secondary N) is 2. The van der Waals surface area contributed by atoms with Crippen molar-refractivity contribution in [3.05, 3.63) is 59.8 Å². The number of nitrogens with two attached hydrogens (primary N) is 1. The Kier molecular flexibility index (Phi) is 6.40. The molecule has 37 heavy (non-hydrogen) atoms. The Morgan fingerprint density at radius 3 is 2.95 bits per heavy atom. The minimum atomic E-state index is -4.00. The van der Waals surface area contributed by atoms with Crippen LogP contribution in [0.2, 0.25) is 0 Å². The third kappa shape index (κ3) is 4.55. The third-order valence-corrected chi connectivity index (χ3v) is 9.21. The van der Waals surface area contributed by atoms with Crippen molar-refractivity contribution in [1.82, 2.24) is 23.8 Å². The average molecular weight is 545 g/mol. The molecular weight excluding hydrogens is 519 g/mol. The first kappa shape index (κ1) is 25.2. The van der Waals surface area contributed by atoms with Crippen molar-refractivity contribution in [2.75, 3.05) is 18.4 Å². The Labute approximate surface area is 218 Å². The smallest absolute Gasteiger partial charge is 0.249 e. The van der Waals surface area contributed by atoms with E-state index in [0.717, 1.165) is 23.0 Å². The van der Waals surface area contributed by atoms with Crippen LogP contribution in [0.15, 0.2) is 54.0 Å². The number of allylic oxidation sites excluding steroid dienone is 3. The Balaban J connectivity index is 1.55. The minimum Gasteiger partial charge on any atom is -0.370 e. The van der Waals surface area contributed by atoms with Gasteiger partial charge in [-0.25, -0.2) is 31.7 Å². The number of rotatable bonds is 5. The molecule has 1 aliphatic carbocycles. The molecular formula is C24H26ClFN8O2S. The number of hydrogen-bond acceptors (Lipinski definition) is 7. The number of halogens is 2. The fourth-order valence-corrected chi connectivity index (χ4v) is 6.75. The molecule has 0 radical (unpaired) electrons. The first-order valence-corrected chi connectivity index (χ1v) is 13.6. The Bertz CT molecular complexity index is 1550. The molecule has 0 bridgehead atoms. The number of pyridine rings is 1. The molecule has 1 unspecified atom stereocenters. The van der Waals surface area contributed by atoms with E-state index in [-0.39, 0.29) is 35.7 Å². The molecule has 4 N–H and O–H groups in total. The summed E-state index contributed by atoms with van der Waals surface area (Å²) < 4.78 is 42.2. The Hall–Kier alpha value is -3.51. The lowest BCUT2D eigenvalue weighted by Gasteiger charge is -2.33. The van der Waals surface area contributed by atoms with Crippen molar-refractivity contribution in [3.8, 4) is 11.4 Å². The van der Waals surface area contributed by atoms with E-state index in [9.17, 15) is 12.8 Å². The van der Waals surface area contributed by atoms with Crippen LogP contribution in [0.5, 0.6) is 0 Å². The summed E-state index contributed by atoms with van der Waals surface area (Å²) in [6.07, 6.45) is 10.7. The topological polar surface area (TPSA) is 143 Å². The number of hydrogen-bond donors (Lipinski definition) is 3. The van der Waals surface area contributed by atoms with Crippen molar-refractivity contribution in [2.45, 2.75) is 37.0 Å². The van der Waals surface area contributed by atoms with Crippen LogP contribution in [0.4, 0.5) is 10.2 Å². The predicted octanol–water partition coefficient (Wildman–Crippen LogP) is 3.42. The van der Waals surface area contributed by atoms with E-state index < -0.39 is 20.6 Å². The lowest BCUT2D eigenvalue weighted by Crippen LogP contribution is -2.47. The second kappa shape index (κ2) is 9.42. The van der Waals surface area contributed by atoms with Crippen molar-refractivity contribution in [3.63, 3.8) is 0 Å². The summed E-state index contributed by atoms with van der Waals surface area (Å²) in [6, 6.07) is 3.24. The highest BCUT2D eigenvalue weighted by molar-refractivity contribution is 7.91. The molecule has 1 saturated heterocycles. The van der Waals surface area contributed by atoms with Gasteiger partial charge < -0.3 is 16.0 Å². The van der Waals surface area contributed by atoms with E-state index >= 15 is 0 Å². The van der Waals surface area contributed by atoms with Crippen LogP contribution < -0.4 is 11.1 Å². The maximum atomic E-state index is 14.7. The summed E-state index contributed by atoms with van der Waals surface area (Å²) in [6.45, 7) is 2.72. The summed E-state index contributed by atoms with van der Waals surface area (Å²) in [5.41, 5.74) is 6.23. The second-order valence-electron chi connectivity index (χ2n) is 9.37. The van der Waals surface area contributed by atoms with Crippen molar-refractivity contribution >= 4 is 44.4 Å². The lowest BCUT2D eigenvalue weighted by molar-refractivity contribution is 0.316. The molecule has 10 nitrogen and oxygen atoms in total. The maximum absolute atomic E-state index is 14.7. The molecule has 5 rings (SSSR count). The first-order valence-electron chi connectivity index (χ1n) is 11.7. The predicted molar refractivity (Wildman–Crippen MR) is 141 cm³/mol. The highest BCUT2D eigenvalue weighted by atomic mass is 35.5. The van der Waals surface area contributed by atoms with E-state index in [2.05, 4.69) is 20.3 Å². The molecule has 3 aromatic rings. The van der Waals surface area contributed by atoms with Crippen molar-refractivity contribution in [1.29, 1.82) is 5.41 Å². The minimum absolute atomic E-state index is 0.00727. The van der Waals surface area contributed by atoms with Gasteiger partial charge in [-0.05, 0) is 50.5 Å². The van der Waals surface area contributed by atoms with E-state index in [0.29, 0.717) is 29.1 Å². The molecule has 2 atom stereocenters. The molecule has 13 heteroatoms. The molecule has 0 amide bonds. The van der Waals surface area contributed by atoms with Gasteiger partial charge in [0.05, 0.1) is 6.20 Å². The molecule has 2 aliphatic rings. The summed E-state index contributed by atoms with van der Waals surface area (Å²) in [5.74, 6) is -0.529. The molecule has 4 heterocycles. The SMILES string of the molecule is CC1(S(=O)(=O)n2cc(-c3ncc(F)c(N[C@H]4CCCN(C(=N)N)C4)n3)c3cccnc32)C=C(Cl)C=CC1. The fraction of sp³-hybridized carbons (Fsp3) is 0.333. The summed E-state index contributed by atoms with van der Waals surface area (Å²) >= 11 is 6.15. The average Bonchev–Trinajstić information content (AvgIpc) is 3.26. The summed E-state index contributed by atoms with van der Waals surface area (Å²) in [5, 5.41) is 11.6. The number of fused-ring (bicyclic) bond motifs is 1. The molecule has 1 fully saturated rings. The third-order valence-electron chi connectivity index (χ3n) is 6.71. The number of piperidine rings is 1. The van der Waals surface area contributed by atoms with E-state index in [1.54, 1.807) is 36.1 Å². The van der Waals surface area contributed by atoms with Crippen LogP contribution in [-0.4, -0.2) is 62.1 Å². The number of aromatic nitrogens is 4. The summed E-state index contributed by atoms with van der Waals surface area (Å²) in [7, 11) is -4.00. The van der Waals surface area contributed by atoms with Gasteiger partial charge in [0.2, 0.25) is 10.0 Å². The normalized spacial score (nSPS) is 22.2. The van der Waals surface area contributed by atoms with Crippen LogP contribution in [-0.2, 0) is 10.0 Å². The Morgan fingerprint density at radius 1 is 1.38 bits per heavy atom. The second-order valence-corrected chi connectivity index (χ2v) is 12.1. The quantitative estimate of drug-likeness (QED) is 0.327. The fourth-order valence-electron chi connectivity index (χ4n) is 4.71. The van der Waals surface area contributed by atoms with E-state index in [4.69, 9.17) is 22.7 Å². The van der Waals surface area contributed by atoms with Gasteiger partial charge in [-0.15, -0.1) is 0 Å². The molecule has 0 saturated carbocycles. The van der Waals surface area contributed by atoms with Gasteiger partial charge in [0.1, 0.15) is 4.75 Å². The van der Waals surface area contributed by atoms with Crippen LogP contribution in [0.1, 0.15) is 26.2 Å². The molecule has 3 aromatic heterocycles. The maximum Gasteiger partial charge on any atom is 0.249 e. The number of likely N-dealkylation sites (tertiary alicyclic amines) is 1. The van der Waals surface area contributed by atoms with Crippen LogP contribution in [0.25, 0.3) is 22.4 Å². The number of nitrogens with zero attached hydrogens (tertiary/aromatic N) is 5. The Morgan fingerprint density at radius 2 is 2.19 bits per heavy atom. The first-order chi connectivity index (χ1) is 17.6. The van der Waals surface area contributed by atoms with Crippen LogP contribution in [0, 0.1) is 11.2 Å². The van der Waals surface area contributed by atoms with Gasteiger partial charge in [-0.2, -0.15) is 0 Å². The zero-order valence-corrected chi connectivity index (χ0v) is 21.6. The molecule has 1 aliphatic heterocycles. The highest BCUT2D eigenvalue weighted by Crippen LogP contribution is 2.36. The molecule has 0 aromatic carbocycles. The van der Waals surface area contributed by atoms with Crippen molar-refractivity contribution < 1.29 is 12.8 Å². The van der Waals surface area contributed by atoms with Gasteiger partial charge >= 0.3 is 0 Å². The standard InChI is InChI=1S/C24H26ClFN8O2S/c1-24(8-2-5-15(25)11-24)37(35,36)34-14-18(17-7-3-9-29-22(17)34)20-30-12-19(26)21(32-20)31-16-6-4-10-33(13-16)23(27)28/h2-3,5,7,9,11-12,14,16H,4,6,8,10,13H2,1H3,(H3,27,28)(H,30,31,32)/t16-,24?/m0/s1. The zero-order valence-electron chi connectivity index (χ0n) is 20.0. The van der Waals surface area contributed by atoms with Crippen LogP contribution in [0.3, 0.4) is 0 Å². The number of anilines is 1. The largest absolute Gasteiger partial charge is 0.370 e. The summed E-state index contributed by atoms with van der Waals surface area (Å²) in [4.78, 5) is 14.6. The van der Waals surface area contributed by atoms with Gasteiger partial charge in [0, 0.05) is 47.5 Å².